The molecule has 44 heavy (non-hydrogen) atoms. The van der Waals surface area contributed by atoms with Crippen LogP contribution >= 0.6 is 0 Å². The highest BCUT2D eigenvalue weighted by Crippen LogP contribution is 2.29. The van der Waals surface area contributed by atoms with Crippen molar-refractivity contribution in [1.29, 1.82) is 0 Å². The van der Waals surface area contributed by atoms with Gasteiger partial charge >= 0.3 is 6.03 Å². The summed E-state index contributed by atoms with van der Waals surface area (Å²) in [6.07, 6.45) is 1.86. The van der Waals surface area contributed by atoms with E-state index in [4.69, 9.17) is 0 Å². The molecule has 12 heteroatoms. The molecule has 3 amide bonds. The van der Waals surface area contributed by atoms with Gasteiger partial charge in [0, 0.05) is 61.4 Å². The number of urea groups is 1. The minimum atomic E-state index is -3.84. The van der Waals surface area contributed by atoms with Gasteiger partial charge in [-0.3, -0.25) is 4.79 Å². The van der Waals surface area contributed by atoms with Gasteiger partial charge in [0.15, 0.2) is 0 Å². The summed E-state index contributed by atoms with van der Waals surface area (Å²) in [4.78, 5) is 34.2. The van der Waals surface area contributed by atoms with Crippen molar-refractivity contribution in [3.63, 3.8) is 0 Å². The number of aromatic amines is 1. The molecule has 0 aliphatic carbocycles. The van der Waals surface area contributed by atoms with Crippen molar-refractivity contribution < 1.29 is 22.4 Å². The number of sulfonamides is 1. The number of nitrogens with zero attached hydrogens (tertiary/aromatic N) is 3. The number of carbonyl (C=O) groups is 2. The summed E-state index contributed by atoms with van der Waals surface area (Å²) in [7, 11) is 0.103. The van der Waals surface area contributed by atoms with Gasteiger partial charge in [-0.1, -0.05) is 37.3 Å². The van der Waals surface area contributed by atoms with E-state index in [1.54, 1.807) is 0 Å². The number of rotatable bonds is 9. The third-order valence-electron chi connectivity index (χ3n) is 7.84. The molecule has 3 aromatic carbocycles. The predicted octanol–water partition coefficient (Wildman–Crippen LogP) is 4.20. The third kappa shape index (κ3) is 6.93. The fraction of sp³-hybridized carbons (Fsp3) is 0.312. The molecule has 2 atom stereocenters. The van der Waals surface area contributed by atoms with Crippen LogP contribution in [-0.2, 0) is 21.4 Å². The number of piperazine rings is 1. The van der Waals surface area contributed by atoms with Crippen LogP contribution in [-0.4, -0.2) is 85.8 Å². The van der Waals surface area contributed by atoms with Crippen LogP contribution in [0.5, 0.6) is 0 Å². The van der Waals surface area contributed by atoms with Crippen LogP contribution in [0.2, 0.25) is 0 Å². The molecular weight excluding hydrogens is 583 g/mol. The van der Waals surface area contributed by atoms with E-state index < -0.39 is 33.8 Å². The SMILES string of the molecule is CC(c1c[nH]c2ccccc12)C(NC(=O)N1CCN(S(=O)(=O)c2ccc(F)cc2)CC1)C(=O)Nc1cccc(CN(C)C)c1. The first kappa shape index (κ1) is 31.2. The van der Waals surface area contributed by atoms with Crippen molar-refractivity contribution >= 4 is 38.6 Å². The lowest BCUT2D eigenvalue weighted by molar-refractivity contribution is -0.118. The minimum absolute atomic E-state index is 0.00394. The van der Waals surface area contributed by atoms with E-state index in [0.29, 0.717) is 12.2 Å². The van der Waals surface area contributed by atoms with Crippen LogP contribution < -0.4 is 10.6 Å². The fourth-order valence-corrected chi connectivity index (χ4v) is 6.93. The van der Waals surface area contributed by atoms with Crippen LogP contribution in [0.25, 0.3) is 10.9 Å². The molecule has 0 bridgehead atoms. The average Bonchev–Trinajstić information content (AvgIpc) is 3.44. The minimum Gasteiger partial charge on any atom is -0.361 e. The lowest BCUT2D eigenvalue weighted by atomic mass is 9.92. The van der Waals surface area contributed by atoms with Gasteiger partial charge in [-0.15, -0.1) is 0 Å². The zero-order valence-corrected chi connectivity index (χ0v) is 25.8. The summed E-state index contributed by atoms with van der Waals surface area (Å²) < 4.78 is 40.7. The molecule has 232 valence electrons. The zero-order chi connectivity index (χ0) is 31.4. The van der Waals surface area contributed by atoms with Crippen molar-refractivity contribution in [1.82, 2.24) is 24.4 Å². The van der Waals surface area contributed by atoms with Gasteiger partial charge in [0.05, 0.1) is 4.90 Å². The van der Waals surface area contributed by atoms with Crippen LogP contribution in [0.4, 0.5) is 14.9 Å². The number of halogens is 1. The summed E-state index contributed by atoms with van der Waals surface area (Å²) in [5, 5.41) is 6.89. The number of amides is 3. The molecule has 1 aliphatic rings. The highest BCUT2D eigenvalue weighted by Gasteiger charge is 2.34. The Morgan fingerprint density at radius 1 is 0.977 bits per heavy atom. The second-order valence-corrected chi connectivity index (χ2v) is 13.2. The number of hydrogen-bond donors (Lipinski definition) is 3. The van der Waals surface area contributed by atoms with Gasteiger partial charge in [-0.25, -0.2) is 17.6 Å². The molecule has 3 N–H and O–H groups in total. The topological polar surface area (TPSA) is 118 Å². The number of benzene rings is 3. The Bertz CT molecular complexity index is 1730. The molecule has 2 heterocycles. The Kier molecular flexibility index (Phi) is 9.33. The van der Waals surface area contributed by atoms with Crippen LogP contribution in [0.1, 0.15) is 24.0 Å². The van der Waals surface area contributed by atoms with E-state index in [0.717, 1.165) is 34.2 Å². The quantitative estimate of drug-likeness (QED) is 0.259. The van der Waals surface area contributed by atoms with Gasteiger partial charge in [0.2, 0.25) is 15.9 Å². The maximum atomic E-state index is 13.8. The molecule has 0 saturated carbocycles. The molecule has 4 aromatic rings. The first-order chi connectivity index (χ1) is 21.0. The molecule has 0 radical (unpaired) electrons. The molecule has 1 aliphatic heterocycles. The van der Waals surface area contributed by atoms with E-state index in [-0.39, 0.29) is 37.0 Å². The second-order valence-electron chi connectivity index (χ2n) is 11.3. The fourth-order valence-electron chi connectivity index (χ4n) is 5.51. The Morgan fingerprint density at radius 3 is 2.39 bits per heavy atom. The second kappa shape index (κ2) is 13.2. The monoisotopic (exact) mass is 620 g/mol. The number of aromatic nitrogens is 1. The lowest BCUT2D eigenvalue weighted by Crippen LogP contribution is -2.56. The highest BCUT2D eigenvalue weighted by molar-refractivity contribution is 7.89. The number of anilines is 1. The smallest absolute Gasteiger partial charge is 0.318 e. The third-order valence-corrected chi connectivity index (χ3v) is 9.76. The summed E-state index contributed by atoms with van der Waals surface area (Å²) >= 11 is 0. The first-order valence-corrected chi connectivity index (χ1v) is 15.9. The molecular formula is C32H37FN6O4S. The van der Waals surface area contributed by atoms with E-state index in [2.05, 4.69) is 15.6 Å². The molecule has 1 fully saturated rings. The summed E-state index contributed by atoms with van der Waals surface area (Å²) in [5.41, 5.74) is 3.47. The standard InChI is InChI=1S/C32H37FN6O4S/c1-22(28-20-34-29-10-5-4-9-27(28)29)30(31(40)35-25-8-6-7-23(19-25)21-37(2)3)36-32(41)38-15-17-39(18-16-38)44(42,43)26-13-11-24(33)12-14-26/h4-14,19-20,22,30,34H,15-18,21H2,1-3H3,(H,35,40)(H,36,41). The number of nitrogens with one attached hydrogen (secondary N) is 3. The molecule has 0 spiro atoms. The first-order valence-electron chi connectivity index (χ1n) is 14.4. The molecule has 5 rings (SSSR count). The van der Waals surface area contributed by atoms with Crippen molar-refractivity contribution in [3.05, 3.63) is 95.9 Å². The lowest BCUT2D eigenvalue weighted by Gasteiger charge is -2.35. The number of para-hydroxylation sites is 1. The van der Waals surface area contributed by atoms with Crippen molar-refractivity contribution in [3.8, 4) is 0 Å². The van der Waals surface area contributed by atoms with Crippen molar-refractivity contribution in [2.45, 2.75) is 30.3 Å². The van der Waals surface area contributed by atoms with Crippen LogP contribution in [0.3, 0.4) is 0 Å². The van der Waals surface area contributed by atoms with E-state index in [1.165, 1.54) is 21.3 Å². The summed E-state index contributed by atoms with van der Waals surface area (Å²) in [6.45, 7) is 3.01. The van der Waals surface area contributed by atoms with Crippen molar-refractivity contribution in [2.75, 3.05) is 45.6 Å². The molecule has 1 aromatic heterocycles. The number of carbonyl (C=O) groups excluding carboxylic acids is 2. The maximum absolute atomic E-state index is 13.8. The Morgan fingerprint density at radius 2 is 1.68 bits per heavy atom. The van der Waals surface area contributed by atoms with Gasteiger partial charge in [-0.05, 0) is 67.7 Å². The van der Waals surface area contributed by atoms with Crippen LogP contribution in [0.15, 0.2) is 83.9 Å². The highest BCUT2D eigenvalue weighted by atomic mass is 32.2. The number of fused-ring (bicyclic) bond motifs is 1. The average molecular weight is 621 g/mol. The zero-order valence-electron chi connectivity index (χ0n) is 25.0. The molecule has 10 nitrogen and oxygen atoms in total. The van der Waals surface area contributed by atoms with Gasteiger partial charge < -0.3 is 25.4 Å². The van der Waals surface area contributed by atoms with E-state index in [1.807, 2.05) is 80.6 Å². The van der Waals surface area contributed by atoms with Gasteiger partial charge in [0.25, 0.3) is 0 Å². The Balaban J connectivity index is 1.33. The predicted molar refractivity (Wildman–Crippen MR) is 168 cm³/mol. The molecule has 2 unspecified atom stereocenters. The number of H-pyrrole nitrogens is 1. The summed E-state index contributed by atoms with van der Waals surface area (Å²) in [6, 6.07) is 18.7. The summed E-state index contributed by atoms with van der Waals surface area (Å²) in [5.74, 6) is -1.29. The largest absolute Gasteiger partial charge is 0.361 e. The maximum Gasteiger partial charge on any atom is 0.318 e. The van der Waals surface area contributed by atoms with Crippen molar-refractivity contribution in [2.24, 2.45) is 0 Å². The van der Waals surface area contributed by atoms with Gasteiger partial charge in [-0.2, -0.15) is 4.31 Å². The number of hydrogen-bond acceptors (Lipinski definition) is 5. The van der Waals surface area contributed by atoms with Gasteiger partial charge in [0.1, 0.15) is 11.9 Å². The van der Waals surface area contributed by atoms with Crippen LogP contribution in [0, 0.1) is 5.82 Å². The molecule has 1 saturated heterocycles. The normalized spacial score (nSPS) is 15.7. The Hall–Kier alpha value is -4.26. The van der Waals surface area contributed by atoms with E-state index in [9.17, 15) is 22.4 Å². The van der Waals surface area contributed by atoms with E-state index >= 15 is 0 Å². The Labute approximate surface area is 256 Å².